The molecule has 0 amide bonds. The van der Waals surface area contributed by atoms with Crippen molar-refractivity contribution in [1.29, 1.82) is 0 Å². The molecule has 0 radical (unpaired) electrons. The summed E-state index contributed by atoms with van der Waals surface area (Å²) < 4.78 is 13.0. The van der Waals surface area contributed by atoms with Gasteiger partial charge in [0.2, 0.25) is 0 Å². The van der Waals surface area contributed by atoms with E-state index in [9.17, 15) is 4.39 Å². The van der Waals surface area contributed by atoms with Crippen molar-refractivity contribution in [3.05, 3.63) is 35.6 Å². The average Bonchev–Trinajstić information content (AvgIpc) is 2.04. The Bertz CT molecular complexity index is 235. The van der Waals surface area contributed by atoms with Gasteiger partial charge >= 0.3 is 0 Å². The van der Waals surface area contributed by atoms with Gasteiger partial charge in [0.1, 0.15) is 5.82 Å². The van der Waals surface area contributed by atoms with Crippen molar-refractivity contribution in [3.63, 3.8) is 0 Å². The van der Waals surface area contributed by atoms with Crippen LogP contribution in [0, 0.1) is 5.82 Å². The quantitative estimate of drug-likeness (QED) is 0.656. The molecule has 0 fully saturated rings. The highest BCUT2D eigenvalue weighted by molar-refractivity contribution is 7.98. The predicted molar refractivity (Wildman–Crippen MR) is 48.3 cm³/mol. The minimum atomic E-state index is -0.102. The first kappa shape index (κ1) is 8.60. The van der Waals surface area contributed by atoms with Crippen LogP contribution in [0.15, 0.2) is 24.3 Å². The van der Waals surface area contributed by atoms with E-state index in [-0.39, 0.29) is 11.1 Å². The monoisotopic (exact) mass is 170 g/mol. The lowest BCUT2D eigenvalue weighted by Gasteiger charge is -2.08. The van der Waals surface area contributed by atoms with Gasteiger partial charge in [0, 0.05) is 10.8 Å². The molecule has 2 heteroatoms. The molecule has 0 aromatic heterocycles. The van der Waals surface area contributed by atoms with Crippen molar-refractivity contribution in [1.82, 2.24) is 0 Å². The lowest BCUT2D eigenvalue weighted by Crippen LogP contribution is -1.91. The maximum absolute atomic E-state index is 13.0. The van der Waals surface area contributed by atoms with Crippen LogP contribution in [0.25, 0.3) is 0 Å². The molecule has 0 heterocycles. The third-order valence-electron chi connectivity index (χ3n) is 1.70. The molecule has 0 saturated carbocycles. The Morgan fingerprint density at radius 1 is 1.36 bits per heavy atom. The summed E-state index contributed by atoms with van der Waals surface area (Å²) in [6, 6.07) is 6.91. The Morgan fingerprint density at radius 3 is 2.55 bits per heavy atom. The minimum absolute atomic E-state index is 0.102. The molecule has 0 aliphatic rings. The molecule has 1 aromatic rings. The molecule has 0 N–H and O–H groups in total. The van der Waals surface area contributed by atoms with E-state index in [2.05, 4.69) is 0 Å². The van der Waals surface area contributed by atoms with Crippen LogP contribution in [0.4, 0.5) is 4.39 Å². The van der Waals surface area contributed by atoms with Crippen molar-refractivity contribution in [2.45, 2.75) is 12.2 Å². The third-order valence-corrected chi connectivity index (χ3v) is 2.66. The number of halogens is 1. The van der Waals surface area contributed by atoms with Gasteiger partial charge in [-0.05, 0) is 19.2 Å². The topological polar surface area (TPSA) is 0 Å². The van der Waals surface area contributed by atoms with Crippen LogP contribution < -0.4 is 0 Å². The SMILES string of the molecule is CS[C@H](C)c1ccccc1F. The van der Waals surface area contributed by atoms with Crippen LogP contribution >= 0.6 is 11.8 Å². The number of hydrogen-bond acceptors (Lipinski definition) is 1. The normalized spacial score (nSPS) is 13.0. The Balaban J connectivity index is 2.93. The minimum Gasteiger partial charge on any atom is -0.207 e. The fraction of sp³-hybridized carbons (Fsp3) is 0.333. The molecule has 0 bridgehead atoms. The molecule has 0 aliphatic carbocycles. The summed E-state index contributed by atoms with van der Waals surface area (Å²) in [5.74, 6) is -0.102. The first-order valence-corrected chi connectivity index (χ1v) is 4.81. The van der Waals surface area contributed by atoms with E-state index >= 15 is 0 Å². The molecule has 0 unspecified atom stereocenters. The van der Waals surface area contributed by atoms with Gasteiger partial charge in [-0.25, -0.2) is 4.39 Å². The lowest BCUT2D eigenvalue weighted by atomic mass is 10.1. The molecule has 0 saturated heterocycles. The first-order chi connectivity index (χ1) is 5.25. The van der Waals surface area contributed by atoms with Crippen LogP contribution in [0.5, 0.6) is 0 Å². The Hall–Kier alpha value is -0.500. The van der Waals surface area contributed by atoms with E-state index in [0.29, 0.717) is 0 Å². The van der Waals surface area contributed by atoms with Crippen LogP contribution in [-0.4, -0.2) is 6.26 Å². The lowest BCUT2D eigenvalue weighted by molar-refractivity contribution is 0.611. The number of hydrogen-bond donors (Lipinski definition) is 0. The van der Waals surface area contributed by atoms with Crippen LogP contribution in [0.2, 0.25) is 0 Å². The van der Waals surface area contributed by atoms with E-state index in [4.69, 9.17) is 0 Å². The zero-order valence-electron chi connectivity index (χ0n) is 6.67. The zero-order chi connectivity index (χ0) is 8.27. The summed E-state index contributed by atoms with van der Waals surface area (Å²) in [7, 11) is 0. The summed E-state index contributed by atoms with van der Waals surface area (Å²) in [6.45, 7) is 2.00. The van der Waals surface area contributed by atoms with Gasteiger partial charge < -0.3 is 0 Å². The third kappa shape index (κ3) is 1.96. The second-order valence-corrected chi connectivity index (χ2v) is 3.58. The average molecular weight is 170 g/mol. The van der Waals surface area contributed by atoms with Gasteiger partial charge in [-0.2, -0.15) is 11.8 Å². The summed E-state index contributed by atoms with van der Waals surface area (Å²) in [5, 5.41) is 0.246. The van der Waals surface area contributed by atoms with Crippen molar-refractivity contribution < 1.29 is 4.39 Å². The van der Waals surface area contributed by atoms with Gasteiger partial charge in [0.15, 0.2) is 0 Å². The molecule has 0 spiro atoms. The van der Waals surface area contributed by atoms with E-state index < -0.39 is 0 Å². The van der Waals surface area contributed by atoms with E-state index in [1.165, 1.54) is 6.07 Å². The summed E-state index contributed by atoms with van der Waals surface area (Å²) in [6.07, 6.45) is 1.98. The van der Waals surface area contributed by atoms with Crippen LogP contribution in [0.3, 0.4) is 0 Å². The van der Waals surface area contributed by atoms with E-state index in [0.717, 1.165) is 5.56 Å². The number of benzene rings is 1. The molecule has 0 aliphatic heterocycles. The van der Waals surface area contributed by atoms with Crippen molar-refractivity contribution in [3.8, 4) is 0 Å². The molecular formula is C9H11FS. The second kappa shape index (κ2) is 3.77. The highest BCUT2D eigenvalue weighted by Gasteiger charge is 2.07. The van der Waals surface area contributed by atoms with Gasteiger partial charge in [-0.15, -0.1) is 0 Å². The fourth-order valence-corrected chi connectivity index (χ4v) is 1.38. The second-order valence-electron chi connectivity index (χ2n) is 2.40. The zero-order valence-corrected chi connectivity index (χ0v) is 7.49. The van der Waals surface area contributed by atoms with Crippen molar-refractivity contribution in [2.24, 2.45) is 0 Å². The standard InChI is InChI=1S/C9H11FS/c1-7(11-2)8-5-3-4-6-9(8)10/h3-7H,1-2H3/t7-/m1/s1. The Kier molecular flexibility index (Phi) is 2.94. The van der Waals surface area contributed by atoms with E-state index in [1.807, 2.05) is 25.3 Å². The molecule has 60 valence electrons. The summed E-state index contributed by atoms with van der Waals surface area (Å²) in [5.41, 5.74) is 0.792. The molecule has 1 rings (SSSR count). The highest BCUT2D eigenvalue weighted by atomic mass is 32.2. The predicted octanol–water partition coefficient (Wildman–Crippen LogP) is 3.25. The largest absolute Gasteiger partial charge is 0.207 e. The number of rotatable bonds is 2. The van der Waals surface area contributed by atoms with Gasteiger partial charge in [0.05, 0.1) is 0 Å². The van der Waals surface area contributed by atoms with Crippen molar-refractivity contribution >= 4 is 11.8 Å². The Labute approximate surface area is 70.8 Å². The van der Waals surface area contributed by atoms with Gasteiger partial charge in [-0.3, -0.25) is 0 Å². The molecular weight excluding hydrogens is 159 g/mol. The molecule has 1 aromatic carbocycles. The number of thioether (sulfide) groups is 1. The first-order valence-electron chi connectivity index (χ1n) is 3.53. The Morgan fingerprint density at radius 2 is 2.00 bits per heavy atom. The van der Waals surface area contributed by atoms with Crippen LogP contribution in [-0.2, 0) is 0 Å². The summed E-state index contributed by atoms with van der Waals surface area (Å²) >= 11 is 1.65. The highest BCUT2D eigenvalue weighted by Crippen LogP contribution is 2.27. The maximum Gasteiger partial charge on any atom is 0.127 e. The van der Waals surface area contributed by atoms with Crippen LogP contribution in [0.1, 0.15) is 17.7 Å². The van der Waals surface area contributed by atoms with Gasteiger partial charge in [-0.1, -0.05) is 18.2 Å². The smallest absolute Gasteiger partial charge is 0.127 e. The van der Waals surface area contributed by atoms with Crippen molar-refractivity contribution in [2.75, 3.05) is 6.26 Å². The maximum atomic E-state index is 13.0. The van der Waals surface area contributed by atoms with Gasteiger partial charge in [0.25, 0.3) is 0 Å². The van der Waals surface area contributed by atoms with E-state index in [1.54, 1.807) is 17.8 Å². The summed E-state index contributed by atoms with van der Waals surface area (Å²) in [4.78, 5) is 0. The fourth-order valence-electron chi connectivity index (χ4n) is 0.932. The molecule has 11 heavy (non-hydrogen) atoms. The molecule has 0 nitrogen and oxygen atoms in total. The molecule has 1 atom stereocenters.